The average Bonchev–Trinajstić information content (AvgIpc) is 3.63. The topological polar surface area (TPSA) is 79.0 Å². The molecule has 1 N–H and O–H groups in total. The van der Waals surface area contributed by atoms with Gasteiger partial charge in [-0.25, -0.2) is 0 Å². The van der Waals surface area contributed by atoms with E-state index < -0.39 is 0 Å². The number of piperidine rings is 1. The number of ether oxygens (including phenoxy) is 1. The number of nitrogens with one attached hydrogen (secondary N) is 1. The van der Waals surface area contributed by atoms with Gasteiger partial charge in [-0.3, -0.25) is 19.3 Å². The molecule has 33 heavy (non-hydrogen) atoms. The van der Waals surface area contributed by atoms with Crippen molar-refractivity contribution < 1.29 is 19.1 Å². The highest BCUT2D eigenvalue weighted by Crippen LogP contribution is 2.34. The number of hydrogen-bond acceptors (Lipinski definition) is 5. The fourth-order valence-electron chi connectivity index (χ4n) is 4.81. The van der Waals surface area contributed by atoms with Gasteiger partial charge in [-0.05, 0) is 61.9 Å². The van der Waals surface area contributed by atoms with Crippen molar-refractivity contribution in [2.24, 2.45) is 5.92 Å². The van der Waals surface area contributed by atoms with Crippen molar-refractivity contribution in [1.82, 2.24) is 10.2 Å². The Kier molecular flexibility index (Phi) is 5.79. The summed E-state index contributed by atoms with van der Waals surface area (Å²) >= 11 is 0. The summed E-state index contributed by atoms with van der Waals surface area (Å²) < 4.78 is 5.27. The first kappa shape index (κ1) is 21.5. The van der Waals surface area contributed by atoms with Crippen LogP contribution in [-0.2, 0) is 11.2 Å². The molecule has 172 valence electrons. The molecule has 2 aliphatic heterocycles. The lowest BCUT2D eigenvalue weighted by Crippen LogP contribution is -2.44. The van der Waals surface area contributed by atoms with Gasteiger partial charge in [0.25, 0.3) is 11.8 Å². The number of methoxy groups -OCH3 is 1. The first-order chi connectivity index (χ1) is 16.0. The van der Waals surface area contributed by atoms with Crippen molar-refractivity contribution in [3.05, 3.63) is 59.2 Å². The van der Waals surface area contributed by atoms with Crippen LogP contribution in [0.5, 0.6) is 5.75 Å². The summed E-state index contributed by atoms with van der Waals surface area (Å²) in [5.74, 6) is 0.268. The van der Waals surface area contributed by atoms with Crippen molar-refractivity contribution in [2.75, 3.05) is 31.6 Å². The maximum absolute atomic E-state index is 13.4. The van der Waals surface area contributed by atoms with Gasteiger partial charge < -0.3 is 15.0 Å². The first-order valence-corrected chi connectivity index (χ1v) is 11.7. The molecule has 1 saturated heterocycles. The molecule has 3 amide bonds. The van der Waals surface area contributed by atoms with Crippen LogP contribution in [0.2, 0.25) is 0 Å². The fourth-order valence-corrected chi connectivity index (χ4v) is 4.81. The fraction of sp³-hybridized carbons (Fsp3) is 0.423. The van der Waals surface area contributed by atoms with E-state index in [9.17, 15) is 14.4 Å². The van der Waals surface area contributed by atoms with E-state index in [1.165, 1.54) is 4.90 Å². The predicted molar refractivity (Wildman–Crippen MR) is 125 cm³/mol. The number of anilines is 1. The maximum atomic E-state index is 13.4. The van der Waals surface area contributed by atoms with Crippen LogP contribution in [-0.4, -0.2) is 55.4 Å². The predicted octanol–water partition coefficient (Wildman–Crippen LogP) is 3.03. The molecule has 0 radical (unpaired) electrons. The van der Waals surface area contributed by atoms with Gasteiger partial charge in [0.2, 0.25) is 5.91 Å². The van der Waals surface area contributed by atoms with Crippen molar-refractivity contribution in [3.8, 4) is 5.75 Å². The molecular formula is C26H29N3O4. The lowest BCUT2D eigenvalue weighted by atomic mass is 9.95. The summed E-state index contributed by atoms with van der Waals surface area (Å²) in [5, 5.41) is 3.11. The number of imide groups is 1. The lowest BCUT2D eigenvalue weighted by Gasteiger charge is -2.34. The molecule has 0 spiro atoms. The van der Waals surface area contributed by atoms with E-state index in [2.05, 4.69) is 10.2 Å². The summed E-state index contributed by atoms with van der Waals surface area (Å²) in [6.07, 6.45) is 4.43. The molecular weight excluding hydrogens is 418 g/mol. The third-order valence-corrected chi connectivity index (χ3v) is 6.79. The van der Waals surface area contributed by atoms with Gasteiger partial charge >= 0.3 is 0 Å². The number of hydrogen-bond donors (Lipinski definition) is 1. The summed E-state index contributed by atoms with van der Waals surface area (Å²) in [6.45, 7) is 1.65. The van der Waals surface area contributed by atoms with Crippen molar-refractivity contribution in [2.45, 2.75) is 38.1 Å². The monoisotopic (exact) mass is 447 g/mol. The zero-order valence-corrected chi connectivity index (χ0v) is 18.9. The number of amides is 3. The summed E-state index contributed by atoms with van der Waals surface area (Å²) in [5.41, 5.74) is 2.69. The molecule has 2 aromatic rings. The van der Waals surface area contributed by atoms with Gasteiger partial charge in [0.15, 0.2) is 0 Å². The first-order valence-electron chi connectivity index (χ1n) is 11.7. The molecule has 2 heterocycles. The van der Waals surface area contributed by atoms with Crippen molar-refractivity contribution >= 4 is 23.4 Å². The molecule has 7 nitrogen and oxygen atoms in total. The maximum Gasteiger partial charge on any atom is 0.263 e. The number of rotatable bonds is 7. The number of benzene rings is 2. The molecule has 2 aromatic carbocycles. The zero-order chi connectivity index (χ0) is 22.9. The molecule has 7 heteroatoms. The summed E-state index contributed by atoms with van der Waals surface area (Å²) in [7, 11) is 1.62. The Hall–Kier alpha value is -3.35. The minimum absolute atomic E-state index is 0.0911. The minimum atomic E-state index is -0.252. The standard InChI is InChI=1S/C26H29N3O4/c1-33-20-7-2-5-17(15-20)12-14-29-25(31)21-8-3-9-22(23(21)26(29)32)28-13-4-6-18(16-28)24(30)27-19-10-11-19/h2-3,5,7-9,15,18-19H,4,6,10-14,16H2,1H3,(H,27,30). The van der Waals surface area contributed by atoms with Crippen LogP contribution < -0.4 is 15.0 Å². The molecule has 3 aliphatic rings. The molecule has 5 rings (SSSR count). The number of carbonyl (C=O) groups excluding carboxylic acids is 3. The third kappa shape index (κ3) is 4.32. The second-order valence-corrected chi connectivity index (χ2v) is 9.13. The van der Waals surface area contributed by atoms with Crippen LogP contribution in [0.3, 0.4) is 0 Å². The quantitative estimate of drug-likeness (QED) is 0.660. The second kappa shape index (κ2) is 8.89. The van der Waals surface area contributed by atoms with Crippen LogP contribution in [0.25, 0.3) is 0 Å². The van der Waals surface area contributed by atoms with Crippen molar-refractivity contribution in [1.29, 1.82) is 0 Å². The van der Waals surface area contributed by atoms with Crippen LogP contribution in [0.1, 0.15) is 52.0 Å². The number of nitrogens with zero attached hydrogens (tertiary/aromatic N) is 2. The third-order valence-electron chi connectivity index (χ3n) is 6.79. The van der Waals surface area contributed by atoms with E-state index in [4.69, 9.17) is 4.74 Å². The van der Waals surface area contributed by atoms with Gasteiger partial charge in [0.1, 0.15) is 5.75 Å². The summed E-state index contributed by atoms with van der Waals surface area (Å²) in [6, 6.07) is 13.5. The van der Waals surface area contributed by atoms with Gasteiger partial charge in [-0.1, -0.05) is 18.2 Å². The SMILES string of the molecule is COc1cccc(CCN2C(=O)c3cccc(N4CCCC(C(=O)NC5CC5)C4)c3C2=O)c1. The number of fused-ring (bicyclic) bond motifs is 1. The lowest BCUT2D eigenvalue weighted by molar-refractivity contribution is -0.125. The Morgan fingerprint density at radius 1 is 1.09 bits per heavy atom. The molecule has 1 unspecified atom stereocenters. The largest absolute Gasteiger partial charge is 0.497 e. The van der Waals surface area contributed by atoms with Crippen LogP contribution in [0.15, 0.2) is 42.5 Å². The Bertz CT molecular complexity index is 1090. The minimum Gasteiger partial charge on any atom is -0.497 e. The van der Waals surface area contributed by atoms with E-state index in [0.29, 0.717) is 36.7 Å². The highest BCUT2D eigenvalue weighted by molar-refractivity contribution is 6.23. The van der Waals surface area contributed by atoms with Gasteiger partial charge in [-0.15, -0.1) is 0 Å². The Labute approximate surface area is 193 Å². The van der Waals surface area contributed by atoms with Gasteiger partial charge in [0, 0.05) is 25.7 Å². The highest BCUT2D eigenvalue weighted by atomic mass is 16.5. The van der Waals surface area contributed by atoms with E-state index in [1.54, 1.807) is 13.2 Å². The van der Waals surface area contributed by atoms with Gasteiger partial charge in [-0.2, -0.15) is 0 Å². The molecule has 1 atom stereocenters. The van der Waals surface area contributed by atoms with E-state index >= 15 is 0 Å². The van der Waals surface area contributed by atoms with E-state index in [0.717, 1.165) is 49.2 Å². The molecule has 2 fully saturated rings. The Balaban J connectivity index is 1.32. The van der Waals surface area contributed by atoms with Crippen molar-refractivity contribution in [3.63, 3.8) is 0 Å². The van der Waals surface area contributed by atoms with Crippen LogP contribution in [0.4, 0.5) is 5.69 Å². The molecule has 0 bridgehead atoms. The molecule has 1 aliphatic carbocycles. The van der Waals surface area contributed by atoms with Crippen LogP contribution in [0, 0.1) is 5.92 Å². The van der Waals surface area contributed by atoms with Gasteiger partial charge in [0.05, 0.1) is 29.8 Å². The smallest absolute Gasteiger partial charge is 0.263 e. The second-order valence-electron chi connectivity index (χ2n) is 9.13. The average molecular weight is 448 g/mol. The van der Waals surface area contributed by atoms with E-state index in [1.807, 2.05) is 36.4 Å². The van der Waals surface area contributed by atoms with Crippen LogP contribution >= 0.6 is 0 Å². The number of carbonyl (C=O) groups is 3. The Morgan fingerprint density at radius 2 is 1.91 bits per heavy atom. The zero-order valence-electron chi connectivity index (χ0n) is 18.9. The molecule has 1 saturated carbocycles. The van der Waals surface area contributed by atoms with E-state index in [-0.39, 0.29) is 23.6 Å². The summed E-state index contributed by atoms with van der Waals surface area (Å²) in [4.78, 5) is 42.5. The Morgan fingerprint density at radius 3 is 2.70 bits per heavy atom. The normalized spacial score (nSPS) is 20.1. The molecule has 0 aromatic heterocycles. The highest BCUT2D eigenvalue weighted by Gasteiger charge is 2.39.